The second kappa shape index (κ2) is 4.40. The van der Waals surface area contributed by atoms with Gasteiger partial charge in [0.05, 0.1) is 5.69 Å². The number of hydrogen-bond acceptors (Lipinski definition) is 3. The predicted molar refractivity (Wildman–Crippen MR) is 68.5 cm³/mol. The van der Waals surface area contributed by atoms with Gasteiger partial charge in [-0.3, -0.25) is 4.40 Å². The molecule has 7 heteroatoms. The van der Waals surface area contributed by atoms with Gasteiger partial charge in [0.25, 0.3) is 0 Å². The lowest BCUT2D eigenvalue weighted by atomic mass is 9.93. The van der Waals surface area contributed by atoms with Gasteiger partial charge < -0.3 is 0 Å². The van der Waals surface area contributed by atoms with Crippen LogP contribution in [0.1, 0.15) is 32.2 Å². The van der Waals surface area contributed by atoms with Crippen molar-refractivity contribution in [3.05, 3.63) is 23.7 Å². The molecule has 2 rings (SSSR count). The van der Waals surface area contributed by atoms with Gasteiger partial charge in [-0.25, -0.2) is 9.97 Å². The van der Waals surface area contributed by atoms with Gasteiger partial charge in [0, 0.05) is 17.7 Å². The summed E-state index contributed by atoms with van der Waals surface area (Å²) in [5.41, 5.74) is -0.115. The molecule has 0 amide bonds. The van der Waals surface area contributed by atoms with Crippen LogP contribution in [-0.4, -0.2) is 20.6 Å². The van der Waals surface area contributed by atoms with Crippen LogP contribution in [-0.2, 0) is 11.6 Å². The molecule has 2 heterocycles. The standard InChI is InChI=1S/C12H14F3N3S/c1-11(2,3)8-6-18-9(16-8)5-7(12(13,14)15)17-10(18)19-4/h5-6H,1-4H3. The van der Waals surface area contributed by atoms with Crippen molar-refractivity contribution < 1.29 is 13.2 Å². The van der Waals surface area contributed by atoms with Crippen LogP contribution in [0.3, 0.4) is 0 Å². The lowest BCUT2D eigenvalue weighted by Crippen LogP contribution is -2.11. The Morgan fingerprint density at radius 2 is 1.74 bits per heavy atom. The molecule has 0 aliphatic heterocycles. The first kappa shape index (κ1) is 14.2. The van der Waals surface area contributed by atoms with E-state index in [-0.39, 0.29) is 16.2 Å². The van der Waals surface area contributed by atoms with Gasteiger partial charge in [0.2, 0.25) is 0 Å². The van der Waals surface area contributed by atoms with Gasteiger partial charge in [-0.05, 0) is 6.26 Å². The van der Waals surface area contributed by atoms with Crippen LogP contribution in [0.4, 0.5) is 13.2 Å². The molecule has 0 bridgehead atoms. The van der Waals surface area contributed by atoms with Gasteiger partial charge in [0.1, 0.15) is 5.65 Å². The van der Waals surface area contributed by atoms with Crippen molar-refractivity contribution in [2.24, 2.45) is 0 Å². The maximum absolute atomic E-state index is 12.8. The fraction of sp³-hybridized carbons (Fsp3) is 0.500. The molecule has 19 heavy (non-hydrogen) atoms. The van der Waals surface area contributed by atoms with Gasteiger partial charge >= 0.3 is 6.18 Å². The quantitative estimate of drug-likeness (QED) is 0.591. The molecule has 0 radical (unpaired) electrons. The first-order chi connectivity index (χ1) is 8.63. The second-order valence-electron chi connectivity index (χ2n) is 5.23. The number of halogens is 3. The summed E-state index contributed by atoms with van der Waals surface area (Å²) in [7, 11) is 0. The van der Waals surface area contributed by atoms with Crippen LogP contribution in [0, 0.1) is 0 Å². The number of fused-ring (bicyclic) bond motifs is 1. The predicted octanol–water partition coefficient (Wildman–Crippen LogP) is 3.77. The maximum atomic E-state index is 12.8. The average Bonchev–Trinajstić information content (AvgIpc) is 2.69. The molecule has 3 nitrogen and oxygen atoms in total. The van der Waals surface area contributed by atoms with Gasteiger partial charge in [-0.15, -0.1) is 0 Å². The lowest BCUT2D eigenvalue weighted by Gasteiger charge is -2.13. The summed E-state index contributed by atoms with van der Waals surface area (Å²) in [6.07, 6.45) is -1.02. The molecule has 0 aliphatic carbocycles. The molecular formula is C12H14F3N3S. The van der Waals surface area contributed by atoms with E-state index in [0.29, 0.717) is 0 Å². The van der Waals surface area contributed by atoms with Gasteiger partial charge in [-0.1, -0.05) is 32.5 Å². The Bertz CT molecular complexity index is 611. The molecule has 2 aromatic heterocycles. The van der Waals surface area contributed by atoms with Crippen molar-refractivity contribution in [3.8, 4) is 0 Å². The van der Waals surface area contributed by atoms with E-state index < -0.39 is 11.9 Å². The van der Waals surface area contributed by atoms with Crippen LogP contribution in [0.5, 0.6) is 0 Å². The van der Waals surface area contributed by atoms with E-state index in [9.17, 15) is 13.2 Å². The number of alkyl halides is 3. The van der Waals surface area contributed by atoms with E-state index in [2.05, 4.69) is 9.97 Å². The summed E-state index contributed by atoms with van der Waals surface area (Å²) in [6.45, 7) is 5.89. The summed E-state index contributed by atoms with van der Waals surface area (Å²) >= 11 is 1.16. The minimum absolute atomic E-state index is 0.222. The third-order valence-electron chi connectivity index (χ3n) is 2.66. The SMILES string of the molecule is CSc1nc(C(F)(F)F)cc2nc(C(C)(C)C)cn12. The largest absolute Gasteiger partial charge is 0.433 e. The number of rotatable bonds is 1. The van der Waals surface area contributed by atoms with E-state index in [1.54, 1.807) is 16.9 Å². The Labute approximate surface area is 113 Å². The average molecular weight is 289 g/mol. The first-order valence-corrected chi connectivity index (χ1v) is 6.87. The zero-order chi connectivity index (χ0) is 14.4. The topological polar surface area (TPSA) is 30.2 Å². The van der Waals surface area contributed by atoms with Crippen LogP contribution in [0.2, 0.25) is 0 Å². The highest BCUT2D eigenvalue weighted by atomic mass is 32.2. The van der Waals surface area contributed by atoms with Crippen molar-refractivity contribution in [2.75, 3.05) is 6.26 Å². The molecular weight excluding hydrogens is 275 g/mol. The third kappa shape index (κ3) is 2.70. The van der Waals surface area contributed by atoms with Gasteiger partial charge in [0.15, 0.2) is 10.9 Å². The minimum atomic E-state index is -4.46. The number of hydrogen-bond donors (Lipinski definition) is 0. The van der Waals surface area contributed by atoms with E-state index in [0.717, 1.165) is 23.5 Å². The molecule has 104 valence electrons. The smallest absolute Gasteiger partial charge is 0.278 e. The van der Waals surface area contributed by atoms with E-state index >= 15 is 0 Å². The zero-order valence-electron chi connectivity index (χ0n) is 11.0. The zero-order valence-corrected chi connectivity index (χ0v) is 11.9. The molecule has 0 saturated carbocycles. The molecule has 0 spiro atoms. The van der Waals surface area contributed by atoms with Crippen molar-refractivity contribution in [1.29, 1.82) is 0 Å². The van der Waals surface area contributed by atoms with E-state index in [1.165, 1.54) is 0 Å². The molecule has 2 aromatic rings. The fourth-order valence-electron chi connectivity index (χ4n) is 1.61. The Hall–Kier alpha value is -1.24. The number of imidazole rings is 1. The van der Waals surface area contributed by atoms with E-state index in [1.807, 2.05) is 20.8 Å². The highest BCUT2D eigenvalue weighted by Gasteiger charge is 2.34. The van der Waals surface area contributed by atoms with Crippen LogP contribution in [0.25, 0.3) is 5.65 Å². The first-order valence-electron chi connectivity index (χ1n) is 5.65. The van der Waals surface area contributed by atoms with Crippen LogP contribution in [0.15, 0.2) is 17.4 Å². The molecule has 0 fully saturated rings. The Balaban J connectivity index is 2.70. The molecule has 0 unspecified atom stereocenters. The second-order valence-corrected chi connectivity index (χ2v) is 6.00. The van der Waals surface area contributed by atoms with Crippen molar-refractivity contribution in [1.82, 2.24) is 14.4 Å². The third-order valence-corrected chi connectivity index (χ3v) is 3.32. The molecule has 0 N–H and O–H groups in total. The molecule has 0 aliphatic rings. The Kier molecular flexibility index (Phi) is 3.28. The number of nitrogens with zero attached hydrogens (tertiary/aromatic N) is 3. The van der Waals surface area contributed by atoms with Crippen molar-refractivity contribution in [3.63, 3.8) is 0 Å². The molecule has 0 saturated heterocycles. The fourth-order valence-corrected chi connectivity index (χ4v) is 2.14. The Morgan fingerprint density at radius 3 is 2.21 bits per heavy atom. The van der Waals surface area contributed by atoms with Crippen LogP contribution < -0.4 is 0 Å². The normalized spacial score (nSPS) is 13.2. The Morgan fingerprint density at radius 1 is 1.11 bits per heavy atom. The highest BCUT2D eigenvalue weighted by Crippen LogP contribution is 2.31. The van der Waals surface area contributed by atoms with Gasteiger partial charge in [-0.2, -0.15) is 13.2 Å². The van der Waals surface area contributed by atoms with E-state index in [4.69, 9.17) is 0 Å². The number of aromatic nitrogens is 3. The molecule has 0 aromatic carbocycles. The number of thioether (sulfide) groups is 1. The monoisotopic (exact) mass is 289 g/mol. The minimum Gasteiger partial charge on any atom is -0.278 e. The molecule has 0 atom stereocenters. The summed E-state index contributed by atoms with van der Waals surface area (Å²) in [6, 6.07) is 0.981. The van der Waals surface area contributed by atoms with Crippen LogP contribution >= 0.6 is 11.8 Å². The summed E-state index contributed by atoms with van der Waals surface area (Å²) in [4.78, 5) is 7.92. The van der Waals surface area contributed by atoms with Crippen molar-refractivity contribution in [2.45, 2.75) is 37.5 Å². The highest BCUT2D eigenvalue weighted by molar-refractivity contribution is 7.98. The summed E-state index contributed by atoms with van der Waals surface area (Å²) in [5, 5.41) is 0.285. The van der Waals surface area contributed by atoms with Crippen molar-refractivity contribution >= 4 is 17.4 Å². The maximum Gasteiger partial charge on any atom is 0.433 e. The summed E-state index contributed by atoms with van der Waals surface area (Å²) < 4.78 is 39.9. The summed E-state index contributed by atoms with van der Waals surface area (Å²) in [5.74, 6) is 0. The lowest BCUT2D eigenvalue weighted by molar-refractivity contribution is -0.141.